The Morgan fingerprint density at radius 1 is 1.26 bits per heavy atom. The summed E-state index contributed by atoms with van der Waals surface area (Å²) in [4.78, 5) is 14.9. The number of thiophene rings is 1. The molecule has 0 spiro atoms. The molecule has 1 saturated heterocycles. The Morgan fingerprint density at radius 2 is 2.11 bits per heavy atom. The second-order valence-corrected chi connectivity index (χ2v) is 8.97. The maximum atomic E-state index is 11.1. The van der Waals surface area contributed by atoms with Crippen LogP contribution in [0.5, 0.6) is 5.75 Å². The molecule has 27 heavy (non-hydrogen) atoms. The molecule has 0 amide bonds. The van der Waals surface area contributed by atoms with Crippen LogP contribution in [0.2, 0.25) is 0 Å². The minimum atomic E-state index is -0.810. The molecule has 1 N–H and O–H groups in total. The van der Waals surface area contributed by atoms with Crippen LogP contribution in [-0.4, -0.2) is 47.1 Å². The number of hydrogen-bond acceptors (Lipinski definition) is 5. The Morgan fingerprint density at radius 3 is 2.93 bits per heavy atom. The first kappa shape index (κ1) is 18.6. The molecule has 1 aromatic carbocycles. The SMILES string of the molecule is O=C(O)Cc1ccc2c(c1)/C(=C/CCN1CCSCC1)c1sccc1CO2. The number of benzene rings is 1. The number of ether oxygens (including phenoxy) is 1. The number of fused-ring (bicyclic) bond motifs is 2. The van der Waals surface area contributed by atoms with Gasteiger partial charge in [-0.15, -0.1) is 11.3 Å². The van der Waals surface area contributed by atoms with Crippen LogP contribution in [0.3, 0.4) is 0 Å². The van der Waals surface area contributed by atoms with Gasteiger partial charge in [0.1, 0.15) is 12.4 Å². The number of rotatable bonds is 5. The average molecular weight is 402 g/mol. The van der Waals surface area contributed by atoms with Gasteiger partial charge in [0.05, 0.1) is 6.42 Å². The Hall–Kier alpha value is -1.76. The Bertz CT molecular complexity index is 853. The molecular formula is C21H23NO3S2. The minimum Gasteiger partial charge on any atom is -0.488 e. The monoisotopic (exact) mass is 401 g/mol. The zero-order chi connectivity index (χ0) is 18.6. The summed E-state index contributed by atoms with van der Waals surface area (Å²) >= 11 is 3.77. The Kier molecular flexibility index (Phi) is 5.86. The molecule has 0 atom stereocenters. The number of carboxylic acid groups (broad SMARTS) is 1. The van der Waals surface area contributed by atoms with E-state index in [2.05, 4.69) is 22.4 Å². The maximum absolute atomic E-state index is 11.1. The number of carboxylic acids is 1. The quantitative estimate of drug-likeness (QED) is 0.816. The number of aliphatic carboxylic acids is 1. The second-order valence-electron chi connectivity index (χ2n) is 6.83. The van der Waals surface area contributed by atoms with E-state index in [1.165, 1.54) is 40.6 Å². The van der Waals surface area contributed by atoms with Gasteiger partial charge < -0.3 is 14.7 Å². The first-order chi connectivity index (χ1) is 13.2. The van der Waals surface area contributed by atoms with E-state index in [9.17, 15) is 4.79 Å². The lowest BCUT2D eigenvalue weighted by molar-refractivity contribution is -0.136. The molecule has 2 aliphatic heterocycles. The molecule has 0 unspecified atom stereocenters. The van der Waals surface area contributed by atoms with Crippen LogP contribution >= 0.6 is 23.1 Å². The van der Waals surface area contributed by atoms with E-state index < -0.39 is 5.97 Å². The number of thioether (sulfide) groups is 1. The van der Waals surface area contributed by atoms with Crippen LogP contribution in [0, 0.1) is 0 Å². The summed E-state index contributed by atoms with van der Waals surface area (Å²) in [6.45, 7) is 3.96. The first-order valence-electron chi connectivity index (χ1n) is 9.25. The van der Waals surface area contributed by atoms with Crippen molar-refractivity contribution in [2.75, 3.05) is 31.1 Å². The molecule has 2 aliphatic rings. The predicted molar refractivity (Wildman–Crippen MR) is 112 cm³/mol. The number of nitrogens with zero attached hydrogens (tertiary/aromatic N) is 1. The van der Waals surface area contributed by atoms with E-state index >= 15 is 0 Å². The smallest absolute Gasteiger partial charge is 0.307 e. The molecule has 0 bridgehead atoms. The van der Waals surface area contributed by atoms with Crippen molar-refractivity contribution in [2.24, 2.45) is 0 Å². The van der Waals surface area contributed by atoms with Gasteiger partial charge >= 0.3 is 5.97 Å². The summed E-state index contributed by atoms with van der Waals surface area (Å²) in [5, 5.41) is 11.3. The lowest BCUT2D eigenvalue weighted by Crippen LogP contribution is -2.33. The van der Waals surface area contributed by atoms with Crippen molar-refractivity contribution in [3.05, 3.63) is 57.3 Å². The summed E-state index contributed by atoms with van der Waals surface area (Å²) in [6.07, 6.45) is 3.33. The van der Waals surface area contributed by atoms with E-state index in [1.807, 2.05) is 30.0 Å². The van der Waals surface area contributed by atoms with Gasteiger partial charge in [0.25, 0.3) is 0 Å². The van der Waals surface area contributed by atoms with Crippen molar-refractivity contribution in [3.8, 4) is 5.75 Å². The van der Waals surface area contributed by atoms with Crippen LogP contribution in [-0.2, 0) is 17.8 Å². The van der Waals surface area contributed by atoms with Crippen molar-refractivity contribution >= 4 is 34.6 Å². The third-order valence-electron chi connectivity index (χ3n) is 4.96. The second kappa shape index (κ2) is 8.50. The summed E-state index contributed by atoms with van der Waals surface area (Å²) < 4.78 is 6.03. The minimum absolute atomic E-state index is 0.0311. The molecule has 4 nitrogen and oxygen atoms in total. The topological polar surface area (TPSA) is 49.8 Å². The highest BCUT2D eigenvalue weighted by Gasteiger charge is 2.21. The predicted octanol–water partition coefficient (Wildman–Crippen LogP) is 4.14. The van der Waals surface area contributed by atoms with Crippen LogP contribution < -0.4 is 4.74 Å². The highest BCUT2D eigenvalue weighted by molar-refractivity contribution is 7.99. The molecule has 1 fully saturated rings. The normalized spacial score (nSPS) is 18.4. The van der Waals surface area contributed by atoms with E-state index in [0.717, 1.165) is 29.8 Å². The fraction of sp³-hybridized carbons (Fsp3) is 0.381. The third-order valence-corrected chi connectivity index (χ3v) is 6.89. The fourth-order valence-corrected chi connectivity index (χ4v) is 5.53. The molecule has 6 heteroatoms. The molecule has 142 valence electrons. The van der Waals surface area contributed by atoms with E-state index in [4.69, 9.17) is 9.84 Å². The third kappa shape index (κ3) is 4.39. The maximum Gasteiger partial charge on any atom is 0.307 e. The summed E-state index contributed by atoms with van der Waals surface area (Å²) in [5.41, 5.74) is 4.22. The van der Waals surface area contributed by atoms with Gasteiger partial charge in [-0.3, -0.25) is 4.79 Å². The van der Waals surface area contributed by atoms with Crippen LogP contribution in [0.25, 0.3) is 5.57 Å². The van der Waals surface area contributed by atoms with Gasteiger partial charge in [0, 0.05) is 47.1 Å². The van der Waals surface area contributed by atoms with Crippen molar-refractivity contribution in [2.45, 2.75) is 19.4 Å². The molecule has 4 rings (SSSR count). The van der Waals surface area contributed by atoms with Crippen molar-refractivity contribution in [1.29, 1.82) is 0 Å². The molecule has 1 aromatic heterocycles. The molecule has 0 aliphatic carbocycles. The van der Waals surface area contributed by atoms with Gasteiger partial charge in [-0.1, -0.05) is 12.1 Å². The molecular weight excluding hydrogens is 378 g/mol. The fourth-order valence-electron chi connectivity index (χ4n) is 3.58. The average Bonchev–Trinajstić information content (AvgIpc) is 3.08. The van der Waals surface area contributed by atoms with E-state index in [1.54, 1.807) is 11.3 Å². The largest absolute Gasteiger partial charge is 0.488 e. The zero-order valence-electron chi connectivity index (χ0n) is 15.1. The van der Waals surface area contributed by atoms with Crippen LogP contribution in [0.1, 0.15) is 28.0 Å². The standard InChI is InChI=1S/C21H23NO3S2/c23-20(24)13-15-3-4-19-18(12-15)17(21-16(14-25-19)5-9-27-21)2-1-6-22-7-10-26-11-8-22/h2-5,9,12H,1,6-8,10-11,13-14H2,(H,23,24)/b17-2-. The Labute approximate surface area is 167 Å². The van der Waals surface area contributed by atoms with E-state index in [0.29, 0.717) is 6.61 Å². The van der Waals surface area contributed by atoms with E-state index in [-0.39, 0.29) is 6.42 Å². The summed E-state index contributed by atoms with van der Waals surface area (Å²) in [7, 11) is 0. The molecule has 2 aromatic rings. The van der Waals surface area contributed by atoms with Gasteiger partial charge in [-0.25, -0.2) is 0 Å². The van der Waals surface area contributed by atoms with Crippen LogP contribution in [0.15, 0.2) is 35.7 Å². The lowest BCUT2D eigenvalue weighted by atomic mass is 9.97. The number of carbonyl (C=O) groups is 1. The zero-order valence-corrected chi connectivity index (χ0v) is 16.8. The van der Waals surface area contributed by atoms with Gasteiger partial charge in [-0.05, 0) is 41.1 Å². The van der Waals surface area contributed by atoms with Crippen LogP contribution in [0.4, 0.5) is 0 Å². The highest BCUT2D eigenvalue weighted by atomic mass is 32.2. The molecule has 3 heterocycles. The van der Waals surface area contributed by atoms with Crippen molar-refractivity contribution in [1.82, 2.24) is 4.90 Å². The van der Waals surface area contributed by atoms with Gasteiger partial charge in [0.15, 0.2) is 0 Å². The van der Waals surface area contributed by atoms with Crippen molar-refractivity contribution < 1.29 is 14.6 Å². The first-order valence-corrected chi connectivity index (χ1v) is 11.3. The number of hydrogen-bond donors (Lipinski definition) is 1. The lowest BCUT2D eigenvalue weighted by Gasteiger charge is -2.25. The summed E-state index contributed by atoms with van der Waals surface area (Å²) in [6, 6.07) is 7.89. The summed E-state index contributed by atoms with van der Waals surface area (Å²) in [5.74, 6) is 2.48. The Balaban J connectivity index is 1.64. The molecule has 0 saturated carbocycles. The molecule has 0 radical (unpaired) electrons. The van der Waals surface area contributed by atoms with Gasteiger partial charge in [0.2, 0.25) is 0 Å². The van der Waals surface area contributed by atoms with Crippen molar-refractivity contribution in [3.63, 3.8) is 0 Å². The van der Waals surface area contributed by atoms with Gasteiger partial charge in [-0.2, -0.15) is 11.8 Å². The highest BCUT2D eigenvalue weighted by Crippen LogP contribution is 2.40.